The van der Waals surface area contributed by atoms with E-state index in [1.807, 2.05) is 20.0 Å². The Hall–Kier alpha value is -0.960. The van der Waals surface area contributed by atoms with E-state index in [-0.39, 0.29) is 0 Å². The zero-order valence-corrected chi connectivity index (χ0v) is 8.62. The summed E-state index contributed by atoms with van der Waals surface area (Å²) in [5, 5.41) is 0. The van der Waals surface area contributed by atoms with Crippen molar-refractivity contribution < 1.29 is 0 Å². The third-order valence-corrected chi connectivity index (χ3v) is 2.06. The Labute approximate surface area is 79.8 Å². The second kappa shape index (κ2) is 4.92. The summed E-state index contributed by atoms with van der Waals surface area (Å²) in [4.78, 5) is 10.5. The lowest BCUT2D eigenvalue weighted by Crippen LogP contribution is -2.27. The zero-order chi connectivity index (χ0) is 9.68. The fourth-order valence-corrected chi connectivity index (χ4v) is 1.38. The van der Waals surface area contributed by atoms with Crippen LogP contribution in [0.3, 0.4) is 0 Å². The summed E-state index contributed by atoms with van der Waals surface area (Å²) >= 11 is 0. The zero-order valence-electron chi connectivity index (χ0n) is 8.62. The highest BCUT2D eigenvalue weighted by molar-refractivity contribution is 5.18. The normalized spacial score (nSPS) is 15.6. The standard InChI is InChI=1S/C8H11N3.C2H6/c1-11-3-2-7-4-9-6-10-8(7)5-11;1-2/h4,6H,2-3,5H2,1H3;1-2H3. The van der Waals surface area contributed by atoms with Crippen LogP contribution in [0.5, 0.6) is 0 Å². The molecule has 2 rings (SSSR count). The molecule has 3 heteroatoms. The number of likely N-dealkylation sites (N-methyl/N-ethyl adjacent to an activating group) is 1. The van der Waals surface area contributed by atoms with Crippen molar-refractivity contribution in [3.63, 3.8) is 0 Å². The Bertz CT molecular complexity index is 260. The van der Waals surface area contributed by atoms with Gasteiger partial charge in [0.15, 0.2) is 0 Å². The van der Waals surface area contributed by atoms with E-state index in [1.54, 1.807) is 6.33 Å². The first-order chi connectivity index (χ1) is 6.36. The maximum absolute atomic E-state index is 4.22. The molecule has 0 spiro atoms. The second-order valence-electron chi connectivity index (χ2n) is 2.98. The van der Waals surface area contributed by atoms with Gasteiger partial charge in [0.05, 0.1) is 5.69 Å². The smallest absolute Gasteiger partial charge is 0.115 e. The highest BCUT2D eigenvalue weighted by atomic mass is 15.1. The van der Waals surface area contributed by atoms with Crippen LogP contribution in [0.1, 0.15) is 25.1 Å². The third-order valence-electron chi connectivity index (χ3n) is 2.06. The molecule has 0 saturated carbocycles. The molecule has 0 bridgehead atoms. The minimum absolute atomic E-state index is 0.970. The predicted molar refractivity (Wildman–Crippen MR) is 53.4 cm³/mol. The Balaban J connectivity index is 0.000000396. The molecule has 0 N–H and O–H groups in total. The van der Waals surface area contributed by atoms with Gasteiger partial charge in [0.2, 0.25) is 0 Å². The number of hydrogen-bond donors (Lipinski definition) is 0. The van der Waals surface area contributed by atoms with Crippen LogP contribution >= 0.6 is 0 Å². The van der Waals surface area contributed by atoms with E-state index in [0.29, 0.717) is 0 Å². The summed E-state index contributed by atoms with van der Waals surface area (Å²) in [5.74, 6) is 0. The van der Waals surface area contributed by atoms with E-state index in [9.17, 15) is 0 Å². The highest BCUT2D eigenvalue weighted by Crippen LogP contribution is 2.12. The van der Waals surface area contributed by atoms with Gasteiger partial charge in [-0.1, -0.05) is 13.8 Å². The molecule has 0 aromatic carbocycles. The SMILES string of the molecule is CC.CN1CCc2cncnc2C1. The van der Waals surface area contributed by atoms with Gasteiger partial charge in [-0.25, -0.2) is 9.97 Å². The Morgan fingerprint density at radius 2 is 2.15 bits per heavy atom. The average molecular weight is 179 g/mol. The number of rotatable bonds is 0. The first kappa shape index (κ1) is 10.1. The third kappa shape index (κ3) is 2.49. The van der Waals surface area contributed by atoms with Gasteiger partial charge in [-0.15, -0.1) is 0 Å². The van der Waals surface area contributed by atoms with E-state index < -0.39 is 0 Å². The predicted octanol–water partition coefficient (Wildman–Crippen LogP) is 1.49. The Morgan fingerprint density at radius 3 is 2.92 bits per heavy atom. The molecule has 3 nitrogen and oxygen atoms in total. The monoisotopic (exact) mass is 179 g/mol. The van der Waals surface area contributed by atoms with Crippen molar-refractivity contribution in [2.75, 3.05) is 13.6 Å². The summed E-state index contributed by atoms with van der Waals surface area (Å²) in [6.45, 7) is 6.10. The van der Waals surface area contributed by atoms with Crippen LogP contribution in [0.15, 0.2) is 12.5 Å². The summed E-state index contributed by atoms with van der Waals surface area (Å²) in [7, 11) is 2.12. The van der Waals surface area contributed by atoms with Crippen LogP contribution in [0.2, 0.25) is 0 Å². The summed E-state index contributed by atoms with van der Waals surface area (Å²) in [6, 6.07) is 0. The minimum atomic E-state index is 0.970. The topological polar surface area (TPSA) is 29.0 Å². The van der Waals surface area contributed by atoms with Crippen molar-refractivity contribution in [3.05, 3.63) is 23.8 Å². The lowest BCUT2D eigenvalue weighted by atomic mass is 10.1. The van der Waals surface area contributed by atoms with Crippen LogP contribution in [-0.2, 0) is 13.0 Å². The quantitative estimate of drug-likeness (QED) is 0.604. The largest absolute Gasteiger partial charge is 0.300 e. The summed E-state index contributed by atoms with van der Waals surface area (Å²) in [6.07, 6.45) is 4.64. The van der Waals surface area contributed by atoms with Crippen LogP contribution in [0, 0.1) is 0 Å². The molecule has 0 unspecified atom stereocenters. The van der Waals surface area contributed by atoms with Crippen molar-refractivity contribution in [2.45, 2.75) is 26.8 Å². The van der Waals surface area contributed by atoms with Crippen LogP contribution in [0.25, 0.3) is 0 Å². The average Bonchev–Trinajstić information content (AvgIpc) is 2.21. The molecular formula is C10H17N3. The fraction of sp³-hybridized carbons (Fsp3) is 0.600. The number of hydrogen-bond acceptors (Lipinski definition) is 3. The second-order valence-corrected chi connectivity index (χ2v) is 2.98. The number of fused-ring (bicyclic) bond motifs is 1. The molecule has 0 saturated heterocycles. The molecule has 0 aliphatic carbocycles. The van der Waals surface area contributed by atoms with Gasteiger partial charge < -0.3 is 4.90 Å². The van der Waals surface area contributed by atoms with Crippen molar-refractivity contribution in [3.8, 4) is 0 Å². The van der Waals surface area contributed by atoms with Gasteiger partial charge in [0, 0.05) is 19.3 Å². The van der Waals surface area contributed by atoms with Crippen molar-refractivity contribution >= 4 is 0 Å². The number of nitrogens with zero attached hydrogens (tertiary/aromatic N) is 3. The summed E-state index contributed by atoms with van der Waals surface area (Å²) < 4.78 is 0. The molecule has 0 radical (unpaired) electrons. The van der Waals surface area contributed by atoms with Gasteiger partial charge in [0.1, 0.15) is 6.33 Å². The van der Waals surface area contributed by atoms with Gasteiger partial charge >= 0.3 is 0 Å². The van der Waals surface area contributed by atoms with Gasteiger partial charge in [-0.05, 0) is 19.0 Å². The van der Waals surface area contributed by atoms with Crippen molar-refractivity contribution in [1.29, 1.82) is 0 Å². The molecule has 1 aromatic heterocycles. The molecule has 0 atom stereocenters. The molecule has 1 aromatic rings. The van der Waals surface area contributed by atoms with E-state index in [1.165, 1.54) is 11.3 Å². The lowest BCUT2D eigenvalue weighted by molar-refractivity contribution is 0.307. The fourth-order valence-electron chi connectivity index (χ4n) is 1.38. The first-order valence-corrected chi connectivity index (χ1v) is 4.82. The maximum Gasteiger partial charge on any atom is 0.115 e. The van der Waals surface area contributed by atoms with Crippen molar-refractivity contribution in [1.82, 2.24) is 14.9 Å². The molecule has 72 valence electrons. The van der Waals surface area contributed by atoms with E-state index in [0.717, 1.165) is 19.5 Å². The van der Waals surface area contributed by atoms with Crippen LogP contribution in [-0.4, -0.2) is 28.5 Å². The Kier molecular flexibility index (Phi) is 3.83. The molecule has 2 heterocycles. The molecule has 1 aliphatic rings. The molecule has 1 aliphatic heterocycles. The molecular weight excluding hydrogens is 162 g/mol. The van der Waals surface area contributed by atoms with Crippen molar-refractivity contribution in [2.24, 2.45) is 0 Å². The maximum atomic E-state index is 4.22. The molecule has 0 amide bonds. The van der Waals surface area contributed by atoms with Crippen LogP contribution < -0.4 is 0 Å². The van der Waals surface area contributed by atoms with Crippen LogP contribution in [0.4, 0.5) is 0 Å². The molecule has 13 heavy (non-hydrogen) atoms. The van der Waals surface area contributed by atoms with Gasteiger partial charge in [0.25, 0.3) is 0 Å². The summed E-state index contributed by atoms with van der Waals surface area (Å²) in [5.41, 5.74) is 2.50. The van der Waals surface area contributed by atoms with Gasteiger partial charge in [-0.2, -0.15) is 0 Å². The lowest BCUT2D eigenvalue weighted by Gasteiger charge is -2.22. The minimum Gasteiger partial charge on any atom is -0.300 e. The van der Waals surface area contributed by atoms with E-state index in [2.05, 4.69) is 21.9 Å². The number of aromatic nitrogens is 2. The Morgan fingerprint density at radius 1 is 1.38 bits per heavy atom. The van der Waals surface area contributed by atoms with Gasteiger partial charge in [-0.3, -0.25) is 0 Å². The highest BCUT2D eigenvalue weighted by Gasteiger charge is 2.12. The van der Waals surface area contributed by atoms with E-state index in [4.69, 9.17) is 0 Å². The molecule has 0 fully saturated rings. The first-order valence-electron chi connectivity index (χ1n) is 4.82. The van der Waals surface area contributed by atoms with E-state index >= 15 is 0 Å².